The third-order valence-corrected chi connectivity index (χ3v) is 3.14. The van der Waals surface area contributed by atoms with Crippen molar-refractivity contribution in [3.63, 3.8) is 0 Å². The summed E-state index contributed by atoms with van der Waals surface area (Å²) in [5, 5.41) is 2.82. The van der Waals surface area contributed by atoms with Crippen LogP contribution in [0.2, 0.25) is 0 Å². The molecule has 2 rings (SSSR count). The van der Waals surface area contributed by atoms with Crippen LogP contribution in [-0.2, 0) is 11.2 Å². The number of hydrogen-bond acceptors (Lipinski definition) is 1. The number of benzene rings is 1. The second kappa shape index (κ2) is 4.95. The third kappa shape index (κ3) is 3.04. The fraction of sp³-hybridized carbons (Fsp3) is 0.417. The highest BCUT2D eigenvalue weighted by atomic mass is 79.9. The minimum atomic E-state index is -0.219. The highest BCUT2D eigenvalue weighted by Crippen LogP contribution is 2.28. The highest BCUT2D eigenvalue weighted by molar-refractivity contribution is 9.10. The Kier molecular flexibility index (Phi) is 3.59. The van der Waals surface area contributed by atoms with Gasteiger partial charge in [-0.2, -0.15) is 0 Å². The van der Waals surface area contributed by atoms with Crippen molar-refractivity contribution in [1.82, 2.24) is 5.32 Å². The van der Waals surface area contributed by atoms with E-state index in [0.29, 0.717) is 18.5 Å². The van der Waals surface area contributed by atoms with Gasteiger partial charge in [-0.1, -0.05) is 15.9 Å². The fourth-order valence-corrected chi connectivity index (χ4v) is 1.95. The molecule has 0 spiro atoms. The molecule has 0 unspecified atom stereocenters. The first kappa shape index (κ1) is 11.6. The molecule has 0 saturated heterocycles. The van der Waals surface area contributed by atoms with Gasteiger partial charge in [0.15, 0.2) is 0 Å². The van der Waals surface area contributed by atoms with Crippen LogP contribution in [0.3, 0.4) is 0 Å². The molecule has 1 aliphatic rings. The molecule has 1 fully saturated rings. The van der Waals surface area contributed by atoms with Gasteiger partial charge in [-0.15, -0.1) is 0 Å². The Morgan fingerprint density at radius 3 is 2.94 bits per heavy atom. The van der Waals surface area contributed by atoms with Crippen molar-refractivity contribution in [3.05, 3.63) is 34.1 Å². The van der Waals surface area contributed by atoms with Crippen LogP contribution in [0.4, 0.5) is 4.39 Å². The second-order valence-electron chi connectivity index (χ2n) is 4.05. The largest absolute Gasteiger partial charge is 0.356 e. The predicted molar refractivity (Wildman–Crippen MR) is 63.5 cm³/mol. The molecule has 1 aromatic carbocycles. The van der Waals surface area contributed by atoms with E-state index in [0.717, 1.165) is 17.3 Å². The fourth-order valence-electron chi connectivity index (χ4n) is 1.55. The van der Waals surface area contributed by atoms with Gasteiger partial charge in [0.05, 0.1) is 0 Å². The minimum Gasteiger partial charge on any atom is -0.356 e. The Bertz CT molecular complexity index is 404. The molecule has 1 saturated carbocycles. The van der Waals surface area contributed by atoms with E-state index in [1.165, 1.54) is 6.07 Å². The van der Waals surface area contributed by atoms with E-state index in [2.05, 4.69) is 21.2 Å². The number of carbonyl (C=O) groups is 1. The van der Waals surface area contributed by atoms with Crippen molar-refractivity contribution < 1.29 is 9.18 Å². The van der Waals surface area contributed by atoms with Gasteiger partial charge in [-0.05, 0) is 43.0 Å². The van der Waals surface area contributed by atoms with Crippen LogP contribution in [0.15, 0.2) is 22.7 Å². The summed E-state index contributed by atoms with van der Waals surface area (Å²) in [5.74, 6) is 0.103. The van der Waals surface area contributed by atoms with Gasteiger partial charge >= 0.3 is 0 Å². The number of nitrogens with one attached hydrogen (secondary N) is 1. The molecule has 1 aromatic rings. The van der Waals surface area contributed by atoms with Gasteiger partial charge < -0.3 is 5.32 Å². The van der Waals surface area contributed by atoms with Gasteiger partial charge in [0.1, 0.15) is 5.82 Å². The lowest BCUT2D eigenvalue weighted by Gasteiger charge is -2.05. The standard InChI is InChI=1S/C12H13BrFNO/c13-10-3-4-11(14)9(7-10)5-6-15-12(16)8-1-2-8/h3-4,7-8H,1-2,5-6H2,(H,15,16). The lowest BCUT2D eigenvalue weighted by atomic mass is 10.1. The summed E-state index contributed by atoms with van der Waals surface area (Å²) >= 11 is 3.30. The van der Waals surface area contributed by atoms with Gasteiger partial charge in [-0.3, -0.25) is 4.79 Å². The molecule has 4 heteroatoms. The van der Waals surface area contributed by atoms with E-state index in [1.54, 1.807) is 12.1 Å². The molecule has 0 radical (unpaired) electrons. The maximum atomic E-state index is 13.3. The van der Waals surface area contributed by atoms with E-state index in [-0.39, 0.29) is 17.6 Å². The van der Waals surface area contributed by atoms with Crippen LogP contribution < -0.4 is 5.32 Å². The first-order valence-electron chi connectivity index (χ1n) is 5.38. The van der Waals surface area contributed by atoms with Crippen molar-refractivity contribution in [1.29, 1.82) is 0 Å². The van der Waals surface area contributed by atoms with Crippen LogP contribution in [0.5, 0.6) is 0 Å². The molecule has 0 aromatic heterocycles. The van der Waals surface area contributed by atoms with E-state index >= 15 is 0 Å². The summed E-state index contributed by atoms with van der Waals surface area (Å²) in [5.41, 5.74) is 0.630. The number of rotatable bonds is 4. The SMILES string of the molecule is O=C(NCCc1cc(Br)ccc1F)C1CC1. The molecule has 2 nitrogen and oxygen atoms in total. The Balaban J connectivity index is 1.84. The van der Waals surface area contributed by atoms with Gasteiger partial charge in [0, 0.05) is 16.9 Å². The van der Waals surface area contributed by atoms with Crippen LogP contribution in [0, 0.1) is 11.7 Å². The number of halogens is 2. The zero-order chi connectivity index (χ0) is 11.5. The number of hydrogen-bond donors (Lipinski definition) is 1. The average Bonchev–Trinajstić information content (AvgIpc) is 3.06. The Morgan fingerprint density at radius 2 is 2.25 bits per heavy atom. The van der Waals surface area contributed by atoms with Crippen LogP contribution in [0.25, 0.3) is 0 Å². The first-order valence-corrected chi connectivity index (χ1v) is 6.18. The molecule has 1 N–H and O–H groups in total. The number of carbonyl (C=O) groups excluding carboxylic acids is 1. The third-order valence-electron chi connectivity index (χ3n) is 2.65. The molecule has 1 aliphatic carbocycles. The quantitative estimate of drug-likeness (QED) is 0.905. The van der Waals surface area contributed by atoms with Gasteiger partial charge in [-0.25, -0.2) is 4.39 Å². The maximum Gasteiger partial charge on any atom is 0.223 e. The average molecular weight is 286 g/mol. The van der Waals surface area contributed by atoms with E-state index in [9.17, 15) is 9.18 Å². The molecule has 0 bridgehead atoms. The molecule has 0 heterocycles. The Hall–Kier alpha value is -0.900. The normalized spacial score (nSPS) is 14.9. The first-order chi connectivity index (χ1) is 7.66. The van der Waals surface area contributed by atoms with E-state index in [1.807, 2.05) is 0 Å². The predicted octanol–water partition coefficient (Wildman–Crippen LogP) is 2.66. The summed E-state index contributed by atoms with van der Waals surface area (Å²) in [6, 6.07) is 4.85. The Labute approximate surface area is 102 Å². The molecular weight excluding hydrogens is 273 g/mol. The van der Waals surface area contributed by atoms with Crippen molar-refractivity contribution in [2.24, 2.45) is 5.92 Å². The van der Waals surface area contributed by atoms with Crippen molar-refractivity contribution in [2.75, 3.05) is 6.54 Å². The molecule has 86 valence electrons. The smallest absolute Gasteiger partial charge is 0.223 e. The Morgan fingerprint density at radius 1 is 1.50 bits per heavy atom. The monoisotopic (exact) mass is 285 g/mol. The molecule has 0 atom stereocenters. The molecule has 16 heavy (non-hydrogen) atoms. The summed E-state index contributed by atoms with van der Waals surface area (Å²) < 4.78 is 14.2. The van der Waals surface area contributed by atoms with Crippen molar-refractivity contribution in [3.8, 4) is 0 Å². The van der Waals surface area contributed by atoms with E-state index < -0.39 is 0 Å². The minimum absolute atomic E-state index is 0.107. The summed E-state index contributed by atoms with van der Waals surface area (Å²) in [6.45, 7) is 0.503. The van der Waals surface area contributed by atoms with Crippen LogP contribution >= 0.6 is 15.9 Å². The summed E-state index contributed by atoms with van der Waals surface area (Å²) in [7, 11) is 0. The van der Waals surface area contributed by atoms with E-state index in [4.69, 9.17) is 0 Å². The topological polar surface area (TPSA) is 29.1 Å². The lowest BCUT2D eigenvalue weighted by Crippen LogP contribution is -2.27. The highest BCUT2D eigenvalue weighted by Gasteiger charge is 2.28. The molecule has 1 amide bonds. The number of amides is 1. The van der Waals surface area contributed by atoms with Gasteiger partial charge in [0.25, 0.3) is 0 Å². The zero-order valence-corrected chi connectivity index (χ0v) is 10.4. The van der Waals surface area contributed by atoms with Crippen molar-refractivity contribution >= 4 is 21.8 Å². The van der Waals surface area contributed by atoms with Crippen LogP contribution in [0.1, 0.15) is 18.4 Å². The zero-order valence-electron chi connectivity index (χ0n) is 8.80. The second-order valence-corrected chi connectivity index (χ2v) is 4.97. The summed E-state index contributed by atoms with van der Waals surface area (Å²) in [6.07, 6.45) is 2.53. The maximum absolute atomic E-state index is 13.3. The van der Waals surface area contributed by atoms with Crippen molar-refractivity contribution in [2.45, 2.75) is 19.3 Å². The van der Waals surface area contributed by atoms with Gasteiger partial charge in [0.2, 0.25) is 5.91 Å². The molecular formula is C12H13BrFNO. The van der Waals surface area contributed by atoms with Crippen LogP contribution in [-0.4, -0.2) is 12.5 Å². The molecule has 0 aliphatic heterocycles. The lowest BCUT2D eigenvalue weighted by molar-refractivity contribution is -0.122. The summed E-state index contributed by atoms with van der Waals surface area (Å²) in [4.78, 5) is 11.3.